The summed E-state index contributed by atoms with van der Waals surface area (Å²) in [6.07, 6.45) is -4.62. The van der Waals surface area contributed by atoms with Crippen molar-refractivity contribution >= 4 is 27.3 Å². The van der Waals surface area contributed by atoms with Gasteiger partial charge in [-0.05, 0) is 55.0 Å². The van der Waals surface area contributed by atoms with Crippen molar-refractivity contribution in [3.05, 3.63) is 83.4 Å². The number of sulfonamides is 1. The molecule has 3 rings (SSSR count). The summed E-state index contributed by atoms with van der Waals surface area (Å²) < 4.78 is 71.6. The smallest absolute Gasteiger partial charge is 0.416 e. The highest BCUT2D eigenvalue weighted by molar-refractivity contribution is 7.92. The standard InChI is InChI=1S/C22H19F3N2O4S/c1-14-6-3-4-9-18(14)21(28)26-19-13-17(10-11-20(19)31-2)32(29,30)27-16-8-5-7-15(12-16)22(23,24)25/h3-13,27H,1-2H3,(H,26,28). The van der Waals surface area contributed by atoms with Crippen molar-refractivity contribution < 1.29 is 31.1 Å². The Balaban J connectivity index is 1.91. The number of nitrogens with one attached hydrogen (secondary N) is 2. The molecule has 0 unspecified atom stereocenters. The van der Waals surface area contributed by atoms with Crippen LogP contribution in [0.2, 0.25) is 0 Å². The van der Waals surface area contributed by atoms with Gasteiger partial charge in [0.2, 0.25) is 0 Å². The number of halogens is 3. The second-order valence-corrected chi connectivity index (χ2v) is 8.50. The van der Waals surface area contributed by atoms with E-state index in [9.17, 15) is 26.4 Å². The number of hydrogen-bond donors (Lipinski definition) is 2. The molecule has 0 radical (unpaired) electrons. The number of benzene rings is 3. The Bertz CT molecular complexity index is 1260. The molecule has 0 saturated carbocycles. The minimum absolute atomic E-state index is 0.0904. The normalized spacial score (nSPS) is 11.7. The molecule has 0 aliphatic heterocycles. The number of hydrogen-bond acceptors (Lipinski definition) is 4. The molecule has 32 heavy (non-hydrogen) atoms. The number of alkyl halides is 3. The Morgan fingerprint density at radius 2 is 1.69 bits per heavy atom. The van der Waals surface area contributed by atoms with Crippen LogP contribution in [0.1, 0.15) is 21.5 Å². The van der Waals surface area contributed by atoms with Crippen molar-refractivity contribution in [1.29, 1.82) is 0 Å². The number of ether oxygens (including phenoxy) is 1. The first kappa shape index (κ1) is 23.1. The van der Waals surface area contributed by atoms with Crippen LogP contribution in [0.5, 0.6) is 5.75 Å². The second kappa shape index (κ2) is 8.91. The van der Waals surface area contributed by atoms with E-state index in [2.05, 4.69) is 10.0 Å². The van der Waals surface area contributed by atoms with Gasteiger partial charge >= 0.3 is 6.18 Å². The van der Waals surface area contributed by atoms with Crippen LogP contribution >= 0.6 is 0 Å². The predicted molar refractivity (Wildman–Crippen MR) is 114 cm³/mol. The van der Waals surface area contributed by atoms with Crippen LogP contribution in [0, 0.1) is 6.92 Å². The van der Waals surface area contributed by atoms with Crippen LogP contribution in [-0.2, 0) is 16.2 Å². The molecule has 3 aromatic rings. The van der Waals surface area contributed by atoms with E-state index < -0.39 is 27.7 Å². The molecule has 0 aliphatic carbocycles. The van der Waals surface area contributed by atoms with E-state index in [-0.39, 0.29) is 22.0 Å². The van der Waals surface area contributed by atoms with E-state index >= 15 is 0 Å². The molecule has 0 atom stereocenters. The highest BCUT2D eigenvalue weighted by Gasteiger charge is 2.30. The Morgan fingerprint density at radius 1 is 0.969 bits per heavy atom. The maximum Gasteiger partial charge on any atom is 0.416 e. The summed E-state index contributed by atoms with van der Waals surface area (Å²) in [5, 5.41) is 2.62. The summed E-state index contributed by atoms with van der Waals surface area (Å²) in [5.41, 5.74) is -0.0312. The van der Waals surface area contributed by atoms with Crippen LogP contribution in [0.15, 0.2) is 71.6 Å². The Morgan fingerprint density at radius 3 is 2.34 bits per heavy atom. The minimum atomic E-state index is -4.62. The van der Waals surface area contributed by atoms with Gasteiger partial charge in [-0.1, -0.05) is 24.3 Å². The topological polar surface area (TPSA) is 84.5 Å². The Kier molecular flexibility index (Phi) is 6.45. The summed E-state index contributed by atoms with van der Waals surface area (Å²) in [7, 11) is -2.90. The van der Waals surface area contributed by atoms with E-state index in [1.807, 2.05) is 0 Å². The van der Waals surface area contributed by atoms with E-state index in [4.69, 9.17) is 4.74 Å². The molecule has 0 aromatic heterocycles. The van der Waals surface area contributed by atoms with Gasteiger partial charge in [-0.15, -0.1) is 0 Å². The summed E-state index contributed by atoms with van der Waals surface area (Å²) in [6, 6.07) is 14.4. The maximum absolute atomic E-state index is 12.9. The first-order valence-electron chi connectivity index (χ1n) is 9.26. The summed E-state index contributed by atoms with van der Waals surface area (Å²) >= 11 is 0. The zero-order valence-electron chi connectivity index (χ0n) is 17.0. The Hall–Kier alpha value is -3.53. The van der Waals surface area contributed by atoms with Gasteiger partial charge in [0.05, 0.1) is 23.3 Å². The number of carbonyl (C=O) groups is 1. The van der Waals surface area contributed by atoms with Crippen LogP contribution in [0.3, 0.4) is 0 Å². The zero-order chi connectivity index (χ0) is 23.5. The first-order valence-corrected chi connectivity index (χ1v) is 10.7. The molecular formula is C22H19F3N2O4S. The van der Waals surface area contributed by atoms with E-state index in [0.29, 0.717) is 11.6 Å². The van der Waals surface area contributed by atoms with E-state index in [1.54, 1.807) is 31.2 Å². The van der Waals surface area contributed by atoms with Crippen molar-refractivity contribution in [2.75, 3.05) is 17.1 Å². The fourth-order valence-electron chi connectivity index (χ4n) is 2.94. The van der Waals surface area contributed by atoms with Gasteiger partial charge in [-0.3, -0.25) is 9.52 Å². The zero-order valence-corrected chi connectivity index (χ0v) is 17.8. The third kappa shape index (κ3) is 5.20. The lowest BCUT2D eigenvalue weighted by Crippen LogP contribution is -2.16. The SMILES string of the molecule is COc1ccc(S(=O)(=O)Nc2cccc(C(F)(F)F)c2)cc1NC(=O)c1ccccc1C. The van der Waals surface area contributed by atoms with Crippen molar-refractivity contribution in [2.45, 2.75) is 18.0 Å². The molecule has 0 fully saturated rings. The maximum atomic E-state index is 12.9. The molecule has 6 nitrogen and oxygen atoms in total. The van der Waals surface area contributed by atoms with E-state index in [1.165, 1.54) is 31.4 Å². The first-order chi connectivity index (χ1) is 15.0. The number of amides is 1. The molecule has 3 aromatic carbocycles. The fraction of sp³-hybridized carbons (Fsp3) is 0.136. The summed E-state index contributed by atoms with van der Waals surface area (Å²) in [5.74, 6) is -0.258. The third-order valence-electron chi connectivity index (χ3n) is 4.56. The monoisotopic (exact) mass is 464 g/mol. The van der Waals surface area contributed by atoms with Gasteiger partial charge in [0, 0.05) is 11.3 Å². The number of carbonyl (C=O) groups excluding carboxylic acids is 1. The lowest BCUT2D eigenvalue weighted by molar-refractivity contribution is -0.137. The molecule has 0 aliphatic rings. The van der Waals surface area contributed by atoms with Crippen molar-refractivity contribution in [1.82, 2.24) is 0 Å². The third-order valence-corrected chi connectivity index (χ3v) is 5.94. The molecule has 0 saturated heterocycles. The van der Waals surface area contributed by atoms with Crippen LogP contribution in [-0.4, -0.2) is 21.4 Å². The van der Waals surface area contributed by atoms with Crippen LogP contribution in [0.25, 0.3) is 0 Å². The molecule has 0 heterocycles. The second-order valence-electron chi connectivity index (χ2n) is 6.82. The summed E-state index contributed by atoms with van der Waals surface area (Å²) in [6.45, 7) is 1.76. The number of rotatable bonds is 6. The highest BCUT2D eigenvalue weighted by atomic mass is 32.2. The highest BCUT2D eigenvalue weighted by Crippen LogP contribution is 2.32. The lowest BCUT2D eigenvalue weighted by Gasteiger charge is -2.15. The van der Waals surface area contributed by atoms with Gasteiger partial charge in [0.15, 0.2) is 0 Å². The Labute approximate surface area is 183 Å². The molecular weight excluding hydrogens is 445 g/mol. The molecule has 1 amide bonds. The average Bonchev–Trinajstić information content (AvgIpc) is 2.73. The van der Waals surface area contributed by atoms with Gasteiger partial charge in [0.1, 0.15) is 5.75 Å². The quantitative estimate of drug-likeness (QED) is 0.533. The number of methoxy groups -OCH3 is 1. The van der Waals surface area contributed by atoms with Gasteiger partial charge in [-0.2, -0.15) is 13.2 Å². The molecule has 0 spiro atoms. The van der Waals surface area contributed by atoms with Crippen molar-refractivity contribution in [2.24, 2.45) is 0 Å². The lowest BCUT2D eigenvalue weighted by atomic mass is 10.1. The summed E-state index contributed by atoms with van der Waals surface area (Å²) in [4.78, 5) is 12.4. The molecule has 0 bridgehead atoms. The number of anilines is 2. The number of aryl methyl sites for hydroxylation is 1. The molecule has 168 valence electrons. The van der Waals surface area contributed by atoms with Crippen LogP contribution in [0.4, 0.5) is 24.5 Å². The largest absolute Gasteiger partial charge is 0.495 e. The van der Waals surface area contributed by atoms with Crippen molar-refractivity contribution in [3.63, 3.8) is 0 Å². The molecule has 10 heteroatoms. The fourth-order valence-corrected chi connectivity index (χ4v) is 4.02. The van der Waals surface area contributed by atoms with Gasteiger partial charge in [-0.25, -0.2) is 8.42 Å². The van der Waals surface area contributed by atoms with Gasteiger partial charge in [0.25, 0.3) is 15.9 Å². The van der Waals surface area contributed by atoms with Crippen molar-refractivity contribution in [3.8, 4) is 5.75 Å². The minimum Gasteiger partial charge on any atom is -0.495 e. The predicted octanol–water partition coefficient (Wildman–Crippen LogP) is 5.08. The van der Waals surface area contributed by atoms with Gasteiger partial charge < -0.3 is 10.1 Å². The molecule has 2 N–H and O–H groups in total. The van der Waals surface area contributed by atoms with Crippen LogP contribution < -0.4 is 14.8 Å². The average molecular weight is 464 g/mol. The van der Waals surface area contributed by atoms with E-state index in [0.717, 1.165) is 17.7 Å².